The first-order valence-electron chi connectivity index (χ1n) is 9.52. The third-order valence-electron chi connectivity index (χ3n) is 5.08. The molecule has 0 saturated carbocycles. The Balaban J connectivity index is 1.39. The molecule has 28 heavy (non-hydrogen) atoms. The number of hydrogen-bond donors (Lipinski definition) is 0. The highest BCUT2D eigenvalue weighted by Crippen LogP contribution is 2.28. The van der Waals surface area contributed by atoms with Gasteiger partial charge in [0.1, 0.15) is 17.1 Å². The van der Waals surface area contributed by atoms with E-state index in [0.717, 1.165) is 55.1 Å². The van der Waals surface area contributed by atoms with Gasteiger partial charge in [0.15, 0.2) is 5.65 Å². The van der Waals surface area contributed by atoms with Crippen LogP contribution in [0.5, 0.6) is 0 Å². The quantitative estimate of drug-likeness (QED) is 0.533. The van der Waals surface area contributed by atoms with Crippen molar-refractivity contribution in [3.05, 3.63) is 54.1 Å². The lowest BCUT2D eigenvalue weighted by molar-refractivity contribution is 0.652. The van der Waals surface area contributed by atoms with E-state index in [2.05, 4.69) is 36.8 Å². The van der Waals surface area contributed by atoms with E-state index in [0.29, 0.717) is 0 Å². The van der Waals surface area contributed by atoms with Crippen molar-refractivity contribution in [3.63, 3.8) is 0 Å². The highest BCUT2D eigenvalue weighted by atomic mass is 32.1. The molecule has 4 heterocycles. The summed E-state index contributed by atoms with van der Waals surface area (Å²) in [6.45, 7) is 5.91. The smallest absolute Gasteiger partial charge is 0.168 e. The lowest BCUT2D eigenvalue weighted by Gasteiger charge is -2.35. The molecule has 3 aromatic heterocycles. The largest absolute Gasteiger partial charge is 0.359 e. The van der Waals surface area contributed by atoms with Gasteiger partial charge in [-0.1, -0.05) is 25.1 Å². The van der Waals surface area contributed by atoms with Crippen LogP contribution in [0.1, 0.15) is 11.9 Å². The standard InChI is InChI=1S/C20H21N7S/c1-2-17-21-13-18(28-17)25-8-10-26(11-9-25)19-16-12-24-27(20(16)23-14-22-19)15-6-4-3-5-7-15/h3-7,12-14H,2,8-11H2,1H3. The zero-order valence-corrected chi connectivity index (χ0v) is 16.5. The third kappa shape index (κ3) is 2.99. The molecule has 0 atom stereocenters. The summed E-state index contributed by atoms with van der Waals surface area (Å²) in [5.41, 5.74) is 1.84. The maximum absolute atomic E-state index is 4.59. The van der Waals surface area contributed by atoms with Crippen molar-refractivity contribution in [2.24, 2.45) is 0 Å². The van der Waals surface area contributed by atoms with Crippen LogP contribution in [0.2, 0.25) is 0 Å². The maximum Gasteiger partial charge on any atom is 0.168 e. The summed E-state index contributed by atoms with van der Waals surface area (Å²) < 4.78 is 1.88. The Kier molecular flexibility index (Phi) is 4.40. The van der Waals surface area contributed by atoms with Crippen LogP contribution in [0.25, 0.3) is 16.7 Å². The molecular formula is C20H21N7S. The molecule has 0 unspecified atom stereocenters. The Morgan fingerprint density at radius 1 is 0.929 bits per heavy atom. The fourth-order valence-corrected chi connectivity index (χ4v) is 4.50. The molecule has 0 spiro atoms. The lowest BCUT2D eigenvalue weighted by atomic mass is 10.3. The molecule has 7 nitrogen and oxygen atoms in total. The number of anilines is 2. The maximum atomic E-state index is 4.59. The molecule has 8 heteroatoms. The number of rotatable bonds is 4. The van der Waals surface area contributed by atoms with Crippen molar-refractivity contribution in [2.45, 2.75) is 13.3 Å². The van der Waals surface area contributed by atoms with E-state index in [4.69, 9.17) is 0 Å². The van der Waals surface area contributed by atoms with Crippen molar-refractivity contribution < 1.29 is 0 Å². The van der Waals surface area contributed by atoms with Gasteiger partial charge in [-0.2, -0.15) is 5.10 Å². The molecule has 4 aromatic rings. The number of benzene rings is 1. The van der Waals surface area contributed by atoms with Gasteiger partial charge in [0.25, 0.3) is 0 Å². The minimum absolute atomic E-state index is 0.841. The van der Waals surface area contributed by atoms with Crippen molar-refractivity contribution in [1.29, 1.82) is 0 Å². The van der Waals surface area contributed by atoms with Crippen molar-refractivity contribution in [1.82, 2.24) is 24.7 Å². The number of thiazole rings is 1. The van der Waals surface area contributed by atoms with E-state index in [9.17, 15) is 0 Å². The SMILES string of the molecule is CCc1ncc(N2CCN(c3ncnc4c3cnn4-c3ccccc3)CC2)s1. The van der Waals surface area contributed by atoms with Crippen LogP contribution in [0.3, 0.4) is 0 Å². The van der Waals surface area contributed by atoms with Crippen LogP contribution < -0.4 is 9.80 Å². The number of aromatic nitrogens is 5. The van der Waals surface area contributed by atoms with Gasteiger partial charge in [0, 0.05) is 26.2 Å². The molecule has 0 radical (unpaired) electrons. The zero-order valence-electron chi connectivity index (χ0n) is 15.7. The Morgan fingerprint density at radius 2 is 1.71 bits per heavy atom. The second kappa shape index (κ2) is 7.20. The van der Waals surface area contributed by atoms with Crippen LogP contribution in [0.4, 0.5) is 10.8 Å². The Morgan fingerprint density at radius 3 is 2.46 bits per heavy atom. The summed E-state index contributed by atoms with van der Waals surface area (Å²) in [7, 11) is 0. The molecule has 0 N–H and O–H groups in total. The summed E-state index contributed by atoms with van der Waals surface area (Å²) in [4.78, 5) is 18.3. The molecule has 0 aliphatic carbocycles. The van der Waals surface area contributed by atoms with E-state index >= 15 is 0 Å². The van der Waals surface area contributed by atoms with Gasteiger partial charge < -0.3 is 9.80 Å². The Hall–Kier alpha value is -3.00. The van der Waals surface area contributed by atoms with Crippen LogP contribution in [0.15, 0.2) is 49.1 Å². The molecule has 1 saturated heterocycles. The topological polar surface area (TPSA) is 63.0 Å². The molecule has 1 fully saturated rings. The molecule has 0 bridgehead atoms. The molecular weight excluding hydrogens is 370 g/mol. The number of aryl methyl sites for hydroxylation is 1. The van der Waals surface area contributed by atoms with E-state index in [-0.39, 0.29) is 0 Å². The van der Waals surface area contributed by atoms with Gasteiger partial charge in [-0.25, -0.2) is 19.6 Å². The minimum atomic E-state index is 0.841. The second-order valence-corrected chi connectivity index (χ2v) is 7.84. The summed E-state index contributed by atoms with van der Waals surface area (Å²) in [5, 5.41) is 8.02. The van der Waals surface area contributed by atoms with Gasteiger partial charge >= 0.3 is 0 Å². The number of fused-ring (bicyclic) bond motifs is 1. The van der Waals surface area contributed by atoms with E-state index in [1.165, 1.54) is 10.0 Å². The minimum Gasteiger partial charge on any atom is -0.359 e. The highest BCUT2D eigenvalue weighted by molar-refractivity contribution is 7.15. The monoisotopic (exact) mass is 391 g/mol. The normalized spacial score (nSPS) is 14.8. The first-order chi connectivity index (χ1) is 13.8. The fraction of sp³-hybridized carbons (Fsp3) is 0.300. The molecule has 1 aromatic carbocycles. The van der Waals surface area contributed by atoms with Crippen LogP contribution in [-0.4, -0.2) is 50.9 Å². The predicted molar refractivity (Wildman–Crippen MR) is 113 cm³/mol. The van der Waals surface area contributed by atoms with Gasteiger partial charge in [0.05, 0.1) is 28.5 Å². The number of hydrogen-bond acceptors (Lipinski definition) is 7. The van der Waals surface area contributed by atoms with Gasteiger partial charge in [-0.15, -0.1) is 11.3 Å². The lowest BCUT2D eigenvalue weighted by Crippen LogP contribution is -2.46. The average Bonchev–Trinajstić information content (AvgIpc) is 3.41. The van der Waals surface area contributed by atoms with E-state index in [1.807, 2.05) is 47.4 Å². The summed E-state index contributed by atoms with van der Waals surface area (Å²) in [6, 6.07) is 10.1. The first-order valence-corrected chi connectivity index (χ1v) is 10.3. The summed E-state index contributed by atoms with van der Waals surface area (Å²) in [5.74, 6) is 0.963. The number of piperazine rings is 1. The van der Waals surface area contributed by atoms with Crippen molar-refractivity contribution in [3.8, 4) is 5.69 Å². The second-order valence-electron chi connectivity index (χ2n) is 6.75. The highest BCUT2D eigenvalue weighted by Gasteiger charge is 2.22. The molecule has 1 aliphatic rings. The average molecular weight is 392 g/mol. The number of para-hydroxylation sites is 1. The summed E-state index contributed by atoms with van der Waals surface area (Å²) in [6.07, 6.45) is 6.52. The third-order valence-corrected chi connectivity index (χ3v) is 6.28. The molecule has 142 valence electrons. The van der Waals surface area contributed by atoms with Gasteiger partial charge in [-0.3, -0.25) is 0 Å². The number of nitrogens with zero attached hydrogens (tertiary/aromatic N) is 7. The molecule has 1 aliphatic heterocycles. The first kappa shape index (κ1) is 17.1. The van der Waals surface area contributed by atoms with Gasteiger partial charge in [-0.05, 0) is 18.6 Å². The Labute approximate surface area is 167 Å². The zero-order chi connectivity index (χ0) is 18.9. The molecule has 0 amide bonds. The van der Waals surface area contributed by atoms with Crippen molar-refractivity contribution in [2.75, 3.05) is 36.0 Å². The fourth-order valence-electron chi connectivity index (χ4n) is 3.59. The van der Waals surface area contributed by atoms with Gasteiger partial charge in [0.2, 0.25) is 0 Å². The van der Waals surface area contributed by atoms with E-state index in [1.54, 1.807) is 17.7 Å². The molecule has 5 rings (SSSR count). The predicted octanol–water partition coefficient (Wildman–Crippen LogP) is 3.16. The van der Waals surface area contributed by atoms with Crippen LogP contribution in [0, 0.1) is 0 Å². The van der Waals surface area contributed by atoms with Crippen LogP contribution >= 0.6 is 11.3 Å². The van der Waals surface area contributed by atoms with E-state index < -0.39 is 0 Å². The Bertz CT molecular complexity index is 1080. The van der Waals surface area contributed by atoms with Crippen LogP contribution in [-0.2, 0) is 6.42 Å². The van der Waals surface area contributed by atoms with Crippen molar-refractivity contribution >= 4 is 33.2 Å². The summed E-state index contributed by atoms with van der Waals surface area (Å²) >= 11 is 1.80.